The SMILES string of the molecule is CCc1ccccc1C(=O)N1CCCC1C(=O)OC. The van der Waals surface area contributed by atoms with Crippen LogP contribution in [0.3, 0.4) is 0 Å². The lowest BCUT2D eigenvalue weighted by molar-refractivity contribution is -0.145. The van der Waals surface area contributed by atoms with Crippen LogP contribution in [-0.2, 0) is 16.0 Å². The lowest BCUT2D eigenvalue weighted by Gasteiger charge is -2.23. The molecule has 1 aliphatic heterocycles. The monoisotopic (exact) mass is 261 g/mol. The fourth-order valence-corrected chi connectivity index (χ4v) is 2.58. The van der Waals surface area contributed by atoms with Gasteiger partial charge in [-0.3, -0.25) is 4.79 Å². The highest BCUT2D eigenvalue weighted by Crippen LogP contribution is 2.22. The van der Waals surface area contributed by atoms with Gasteiger partial charge in [0.05, 0.1) is 7.11 Å². The van der Waals surface area contributed by atoms with Crippen molar-refractivity contribution in [3.63, 3.8) is 0 Å². The van der Waals surface area contributed by atoms with Crippen molar-refractivity contribution in [2.45, 2.75) is 32.2 Å². The van der Waals surface area contributed by atoms with Crippen LogP contribution in [0.5, 0.6) is 0 Å². The van der Waals surface area contributed by atoms with Crippen molar-refractivity contribution in [3.8, 4) is 0 Å². The number of methoxy groups -OCH3 is 1. The molecule has 1 aromatic carbocycles. The Balaban J connectivity index is 2.26. The molecule has 1 aliphatic rings. The van der Waals surface area contributed by atoms with Crippen LogP contribution in [0.1, 0.15) is 35.7 Å². The van der Waals surface area contributed by atoms with Crippen LogP contribution in [0.25, 0.3) is 0 Å². The minimum atomic E-state index is -0.428. The number of likely N-dealkylation sites (tertiary alicyclic amines) is 1. The van der Waals surface area contributed by atoms with E-state index in [4.69, 9.17) is 4.74 Å². The highest BCUT2D eigenvalue weighted by Gasteiger charge is 2.35. The standard InChI is InChI=1S/C15H19NO3/c1-3-11-7-4-5-8-12(11)14(17)16-10-6-9-13(16)15(18)19-2/h4-5,7-8,13H,3,6,9-10H2,1-2H3. The summed E-state index contributed by atoms with van der Waals surface area (Å²) < 4.78 is 4.77. The first-order valence-corrected chi connectivity index (χ1v) is 6.65. The molecule has 102 valence electrons. The molecule has 0 N–H and O–H groups in total. The number of hydrogen-bond donors (Lipinski definition) is 0. The molecule has 0 spiro atoms. The predicted molar refractivity (Wildman–Crippen MR) is 71.9 cm³/mol. The third-order valence-electron chi connectivity index (χ3n) is 3.62. The Morgan fingerprint density at radius 2 is 2.11 bits per heavy atom. The van der Waals surface area contributed by atoms with Gasteiger partial charge in [-0.05, 0) is 30.9 Å². The first-order chi connectivity index (χ1) is 9.19. The van der Waals surface area contributed by atoms with Gasteiger partial charge in [-0.1, -0.05) is 25.1 Å². The zero-order valence-corrected chi connectivity index (χ0v) is 11.4. The van der Waals surface area contributed by atoms with E-state index >= 15 is 0 Å². The number of hydrogen-bond acceptors (Lipinski definition) is 3. The summed E-state index contributed by atoms with van der Waals surface area (Å²) in [5, 5.41) is 0. The van der Waals surface area contributed by atoms with E-state index in [1.807, 2.05) is 31.2 Å². The predicted octanol–water partition coefficient (Wildman–Crippen LogP) is 2.03. The van der Waals surface area contributed by atoms with Crippen molar-refractivity contribution in [1.29, 1.82) is 0 Å². The van der Waals surface area contributed by atoms with Gasteiger partial charge >= 0.3 is 5.97 Å². The summed E-state index contributed by atoms with van der Waals surface area (Å²) >= 11 is 0. The van der Waals surface area contributed by atoms with E-state index in [1.54, 1.807) is 4.90 Å². The minimum absolute atomic E-state index is 0.0645. The van der Waals surface area contributed by atoms with E-state index in [-0.39, 0.29) is 11.9 Å². The maximum absolute atomic E-state index is 12.6. The summed E-state index contributed by atoms with van der Waals surface area (Å²) in [6.07, 6.45) is 2.34. The highest BCUT2D eigenvalue weighted by molar-refractivity contribution is 5.98. The van der Waals surface area contributed by atoms with Crippen molar-refractivity contribution in [2.75, 3.05) is 13.7 Å². The van der Waals surface area contributed by atoms with Crippen LogP contribution in [0, 0.1) is 0 Å². The molecule has 1 heterocycles. The van der Waals surface area contributed by atoms with Crippen molar-refractivity contribution < 1.29 is 14.3 Å². The van der Waals surface area contributed by atoms with Crippen LogP contribution in [0.2, 0.25) is 0 Å². The Morgan fingerprint density at radius 1 is 1.37 bits per heavy atom. The molecular formula is C15H19NO3. The summed E-state index contributed by atoms with van der Waals surface area (Å²) in [6, 6.07) is 7.14. The van der Waals surface area contributed by atoms with Crippen LogP contribution < -0.4 is 0 Å². The van der Waals surface area contributed by atoms with Crippen molar-refractivity contribution in [3.05, 3.63) is 35.4 Å². The Morgan fingerprint density at radius 3 is 2.79 bits per heavy atom. The normalized spacial score (nSPS) is 18.4. The largest absolute Gasteiger partial charge is 0.467 e. The average Bonchev–Trinajstić information content (AvgIpc) is 2.95. The third kappa shape index (κ3) is 2.62. The Kier molecular flexibility index (Phi) is 4.20. The lowest BCUT2D eigenvalue weighted by Crippen LogP contribution is -2.41. The minimum Gasteiger partial charge on any atom is -0.467 e. The number of benzene rings is 1. The fraction of sp³-hybridized carbons (Fsp3) is 0.467. The maximum Gasteiger partial charge on any atom is 0.328 e. The topological polar surface area (TPSA) is 46.6 Å². The van der Waals surface area contributed by atoms with Gasteiger partial charge in [-0.25, -0.2) is 4.79 Å². The summed E-state index contributed by atoms with van der Waals surface area (Å²) in [5.41, 5.74) is 1.71. The van der Waals surface area contributed by atoms with E-state index in [0.717, 1.165) is 18.4 Å². The molecular weight excluding hydrogens is 242 g/mol. The van der Waals surface area contributed by atoms with E-state index in [9.17, 15) is 9.59 Å². The quantitative estimate of drug-likeness (QED) is 0.782. The molecule has 2 rings (SSSR count). The molecule has 1 saturated heterocycles. The van der Waals surface area contributed by atoms with Gasteiger partial charge in [-0.15, -0.1) is 0 Å². The van der Waals surface area contributed by atoms with Gasteiger partial charge in [-0.2, -0.15) is 0 Å². The zero-order chi connectivity index (χ0) is 13.8. The van der Waals surface area contributed by atoms with E-state index in [0.29, 0.717) is 18.5 Å². The highest BCUT2D eigenvalue weighted by atomic mass is 16.5. The number of carbonyl (C=O) groups excluding carboxylic acids is 2. The lowest BCUT2D eigenvalue weighted by atomic mass is 10.0. The number of ether oxygens (including phenoxy) is 1. The fourth-order valence-electron chi connectivity index (χ4n) is 2.58. The average molecular weight is 261 g/mol. The van der Waals surface area contributed by atoms with Gasteiger partial charge in [0.25, 0.3) is 5.91 Å². The van der Waals surface area contributed by atoms with Gasteiger partial charge in [0.1, 0.15) is 6.04 Å². The molecule has 4 nitrogen and oxygen atoms in total. The maximum atomic E-state index is 12.6. The van der Waals surface area contributed by atoms with Crippen LogP contribution in [0.4, 0.5) is 0 Å². The number of nitrogens with zero attached hydrogens (tertiary/aromatic N) is 1. The molecule has 0 bridgehead atoms. The molecule has 1 aromatic rings. The second kappa shape index (κ2) is 5.87. The molecule has 0 aliphatic carbocycles. The van der Waals surface area contributed by atoms with E-state index in [1.165, 1.54) is 7.11 Å². The summed E-state index contributed by atoms with van der Waals surface area (Å²) in [7, 11) is 1.36. The Labute approximate surface area is 113 Å². The van der Waals surface area contributed by atoms with Crippen molar-refractivity contribution >= 4 is 11.9 Å². The molecule has 0 saturated carbocycles. The molecule has 19 heavy (non-hydrogen) atoms. The van der Waals surface area contributed by atoms with Gasteiger partial charge < -0.3 is 9.64 Å². The number of esters is 1. The Hall–Kier alpha value is -1.84. The van der Waals surface area contributed by atoms with E-state index < -0.39 is 6.04 Å². The summed E-state index contributed by atoms with van der Waals surface area (Å²) in [5.74, 6) is -0.384. The molecule has 1 unspecified atom stereocenters. The molecule has 1 amide bonds. The van der Waals surface area contributed by atoms with Crippen LogP contribution in [-0.4, -0.2) is 36.5 Å². The van der Waals surface area contributed by atoms with Crippen molar-refractivity contribution in [1.82, 2.24) is 4.90 Å². The van der Waals surface area contributed by atoms with E-state index in [2.05, 4.69) is 0 Å². The smallest absolute Gasteiger partial charge is 0.328 e. The molecule has 4 heteroatoms. The summed E-state index contributed by atoms with van der Waals surface area (Å²) in [4.78, 5) is 25.9. The third-order valence-corrected chi connectivity index (χ3v) is 3.62. The Bertz CT molecular complexity index is 484. The number of carbonyl (C=O) groups is 2. The second-order valence-electron chi connectivity index (χ2n) is 4.69. The molecule has 0 aromatic heterocycles. The van der Waals surface area contributed by atoms with Gasteiger partial charge in [0.2, 0.25) is 0 Å². The molecule has 1 fully saturated rings. The molecule has 1 atom stereocenters. The number of aryl methyl sites for hydroxylation is 1. The van der Waals surface area contributed by atoms with Crippen LogP contribution in [0.15, 0.2) is 24.3 Å². The molecule has 0 radical (unpaired) electrons. The first-order valence-electron chi connectivity index (χ1n) is 6.65. The first kappa shape index (κ1) is 13.6. The van der Waals surface area contributed by atoms with Crippen molar-refractivity contribution in [2.24, 2.45) is 0 Å². The van der Waals surface area contributed by atoms with Gasteiger partial charge in [0, 0.05) is 12.1 Å². The van der Waals surface area contributed by atoms with Gasteiger partial charge in [0.15, 0.2) is 0 Å². The summed E-state index contributed by atoms with van der Waals surface area (Å²) in [6.45, 7) is 2.64. The second-order valence-corrected chi connectivity index (χ2v) is 4.69. The van der Waals surface area contributed by atoms with Crippen LogP contribution >= 0.6 is 0 Å². The zero-order valence-electron chi connectivity index (χ0n) is 11.4. The number of amides is 1. The number of rotatable bonds is 3.